The zero-order chi connectivity index (χ0) is 13.2. The Hall–Kier alpha value is -0.540. The van der Waals surface area contributed by atoms with Gasteiger partial charge in [0.25, 0.3) is 0 Å². The largest absolute Gasteiger partial charge is 0.312 e. The monoisotopic (exact) mass is 257 g/mol. The van der Waals surface area contributed by atoms with Crippen molar-refractivity contribution in [3.63, 3.8) is 0 Å². The van der Waals surface area contributed by atoms with Crippen LogP contribution < -0.4 is 5.32 Å². The van der Waals surface area contributed by atoms with Crippen molar-refractivity contribution in [2.45, 2.75) is 46.1 Å². The summed E-state index contributed by atoms with van der Waals surface area (Å²) in [6.45, 7) is 12.0. The zero-order valence-corrected chi connectivity index (χ0v) is 12.5. The van der Waals surface area contributed by atoms with Gasteiger partial charge < -0.3 is 5.32 Å². The molecule has 2 atom stereocenters. The lowest BCUT2D eigenvalue weighted by molar-refractivity contribution is 0.353. The Morgan fingerprint density at radius 3 is 2.41 bits per heavy atom. The molecule has 0 aromatic carbocycles. The summed E-state index contributed by atoms with van der Waals surface area (Å²) in [6, 6.07) is 0. The van der Waals surface area contributed by atoms with Crippen molar-refractivity contribution in [1.29, 1.82) is 0 Å². The van der Waals surface area contributed by atoms with Gasteiger partial charge in [-0.1, -0.05) is 25.4 Å². The molecule has 1 heterocycles. The summed E-state index contributed by atoms with van der Waals surface area (Å²) in [7, 11) is 1.95. The molecule has 0 fully saturated rings. The number of aryl methyl sites for hydroxylation is 1. The molecule has 1 aromatic heterocycles. The summed E-state index contributed by atoms with van der Waals surface area (Å²) >= 11 is 6.17. The fourth-order valence-electron chi connectivity index (χ4n) is 1.85. The van der Waals surface area contributed by atoms with E-state index in [2.05, 4.69) is 45.0 Å². The molecule has 98 valence electrons. The van der Waals surface area contributed by atoms with E-state index >= 15 is 0 Å². The molecule has 0 aliphatic rings. The number of aromatic nitrogens is 2. The van der Waals surface area contributed by atoms with E-state index < -0.39 is 0 Å². The van der Waals surface area contributed by atoms with Crippen LogP contribution in [0.15, 0.2) is 6.20 Å². The first-order valence-corrected chi connectivity index (χ1v) is 6.52. The SMILES string of the molecule is CC(CNC(C)(C)C)C(C)c1c(Cl)cnn1C. The number of halogens is 1. The van der Waals surface area contributed by atoms with Crippen molar-refractivity contribution < 1.29 is 0 Å². The smallest absolute Gasteiger partial charge is 0.0820 e. The van der Waals surface area contributed by atoms with E-state index in [1.54, 1.807) is 6.20 Å². The van der Waals surface area contributed by atoms with Crippen LogP contribution in [0, 0.1) is 5.92 Å². The Bertz CT molecular complexity index is 346. The molecule has 0 radical (unpaired) electrons. The van der Waals surface area contributed by atoms with Gasteiger partial charge in [0.1, 0.15) is 0 Å². The number of nitrogens with one attached hydrogen (secondary N) is 1. The topological polar surface area (TPSA) is 29.9 Å². The van der Waals surface area contributed by atoms with Gasteiger partial charge in [-0.25, -0.2) is 0 Å². The highest BCUT2D eigenvalue weighted by Gasteiger charge is 2.21. The molecule has 0 aliphatic carbocycles. The third-order valence-corrected chi connectivity index (χ3v) is 3.47. The van der Waals surface area contributed by atoms with Crippen LogP contribution in [0.3, 0.4) is 0 Å². The van der Waals surface area contributed by atoms with Crippen molar-refractivity contribution >= 4 is 11.6 Å². The van der Waals surface area contributed by atoms with Gasteiger partial charge >= 0.3 is 0 Å². The average molecular weight is 258 g/mol. The lowest BCUT2D eigenvalue weighted by atomic mass is 9.92. The molecule has 1 rings (SSSR count). The van der Waals surface area contributed by atoms with Gasteiger partial charge in [-0.3, -0.25) is 4.68 Å². The molecule has 2 unspecified atom stereocenters. The zero-order valence-electron chi connectivity index (χ0n) is 11.7. The molecule has 3 nitrogen and oxygen atoms in total. The van der Waals surface area contributed by atoms with E-state index in [4.69, 9.17) is 11.6 Å². The first-order chi connectivity index (χ1) is 7.72. The Labute approximate surface area is 110 Å². The van der Waals surface area contributed by atoms with Crippen molar-refractivity contribution in [2.24, 2.45) is 13.0 Å². The maximum absolute atomic E-state index is 6.17. The molecule has 0 aliphatic heterocycles. The Morgan fingerprint density at radius 2 is 2.00 bits per heavy atom. The molecular weight excluding hydrogens is 234 g/mol. The molecule has 0 amide bonds. The van der Waals surface area contributed by atoms with Crippen LogP contribution in [0.2, 0.25) is 5.02 Å². The number of hydrogen-bond acceptors (Lipinski definition) is 2. The minimum Gasteiger partial charge on any atom is -0.312 e. The molecule has 1 N–H and O–H groups in total. The third-order valence-electron chi connectivity index (χ3n) is 3.18. The summed E-state index contributed by atoms with van der Waals surface area (Å²) < 4.78 is 1.88. The Balaban J connectivity index is 2.67. The summed E-state index contributed by atoms with van der Waals surface area (Å²) in [5.74, 6) is 0.909. The maximum atomic E-state index is 6.17. The van der Waals surface area contributed by atoms with Crippen LogP contribution in [0.1, 0.15) is 46.2 Å². The molecule has 17 heavy (non-hydrogen) atoms. The second-order valence-corrected chi connectivity index (χ2v) is 6.31. The van der Waals surface area contributed by atoms with Crippen molar-refractivity contribution in [3.8, 4) is 0 Å². The number of hydrogen-bond donors (Lipinski definition) is 1. The van der Waals surface area contributed by atoms with Gasteiger partial charge in [0.15, 0.2) is 0 Å². The molecule has 4 heteroatoms. The summed E-state index contributed by atoms with van der Waals surface area (Å²) in [6.07, 6.45) is 1.72. The maximum Gasteiger partial charge on any atom is 0.0820 e. The first kappa shape index (κ1) is 14.5. The van der Waals surface area contributed by atoms with E-state index in [-0.39, 0.29) is 5.54 Å². The number of nitrogens with zero attached hydrogens (tertiary/aromatic N) is 2. The van der Waals surface area contributed by atoms with Gasteiger partial charge in [0.05, 0.1) is 16.9 Å². The van der Waals surface area contributed by atoms with Crippen LogP contribution in [0.5, 0.6) is 0 Å². The van der Waals surface area contributed by atoms with Gasteiger partial charge in [-0.2, -0.15) is 5.10 Å². The van der Waals surface area contributed by atoms with Crippen LogP contribution in [0.25, 0.3) is 0 Å². The number of rotatable bonds is 4. The summed E-state index contributed by atoms with van der Waals surface area (Å²) in [4.78, 5) is 0. The summed E-state index contributed by atoms with van der Waals surface area (Å²) in [5.41, 5.74) is 1.28. The lowest BCUT2D eigenvalue weighted by Crippen LogP contribution is -2.39. The van der Waals surface area contributed by atoms with Gasteiger partial charge in [0.2, 0.25) is 0 Å². The fourth-order valence-corrected chi connectivity index (χ4v) is 2.18. The second kappa shape index (κ2) is 5.40. The minimum atomic E-state index is 0.157. The van der Waals surface area contributed by atoms with E-state index in [1.807, 2.05) is 11.7 Å². The molecule has 0 saturated heterocycles. The molecule has 0 bridgehead atoms. The fraction of sp³-hybridized carbons (Fsp3) is 0.769. The van der Waals surface area contributed by atoms with Gasteiger partial charge in [-0.05, 0) is 33.2 Å². The first-order valence-electron chi connectivity index (χ1n) is 6.15. The predicted molar refractivity (Wildman–Crippen MR) is 73.6 cm³/mol. The highest BCUT2D eigenvalue weighted by Crippen LogP contribution is 2.29. The van der Waals surface area contributed by atoms with Crippen LogP contribution in [-0.4, -0.2) is 21.9 Å². The molecular formula is C13H24ClN3. The van der Waals surface area contributed by atoms with Crippen LogP contribution in [-0.2, 0) is 7.05 Å². The van der Waals surface area contributed by atoms with E-state index in [1.165, 1.54) is 0 Å². The Morgan fingerprint density at radius 1 is 1.41 bits per heavy atom. The van der Waals surface area contributed by atoms with Crippen LogP contribution in [0.4, 0.5) is 0 Å². The van der Waals surface area contributed by atoms with Gasteiger partial charge in [-0.15, -0.1) is 0 Å². The molecule has 0 spiro atoms. The van der Waals surface area contributed by atoms with Crippen molar-refractivity contribution in [3.05, 3.63) is 16.9 Å². The summed E-state index contributed by atoms with van der Waals surface area (Å²) in [5, 5.41) is 8.49. The van der Waals surface area contributed by atoms with E-state index in [0.717, 1.165) is 17.3 Å². The standard InChI is InChI=1S/C13H24ClN3/c1-9(7-15-13(3,4)5)10(2)12-11(14)8-16-17(12)6/h8-10,15H,7H2,1-6H3. The predicted octanol–water partition coefficient (Wildman–Crippen LogP) is 3.20. The van der Waals surface area contributed by atoms with Crippen molar-refractivity contribution in [2.75, 3.05) is 6.54 Å². The normalized spacial score (nSPS) is 15.9. The van der Waals surface area contributed by atoms with Crippen molar-refractivity contribution in [1.82, 2.24) is 15.1 Å². The molecule has 0 saturated carbocycles. The lowest BCUT2D eigenvalue weighted by Gasteiger charge is -2.27. The third kappa shape index (κ3) is 4.00. The highest BCUT2D eigenvalue weighted by molar-refractivity contribution is 6.31. The highest BCUT2D eigenvalue weighted by atomic mass is 35.5. The quantitative estimate of drug-likeness (QED) is 0.898. The van der Waals surface area contributed by atoms with E-state index in [9.17, 15) is 0 Å². The van der Waals surface area contributed by atoms with Crippen LogP contribution >= 0.6 is 11.6 Å². The average Bonchev–Trinajstić information content (AvgIpc) is 2.53. The minimum absolute atomic E-state index is 0.157. The second-order valence-electron chi connectivity index (χ2n) is 5.90. The van der Waals surface area contributed by atoms with E-state index in [0.29, 0.717) is 11.8 Å². The molecule has 1 aromatic rings. The Kier molecular flexibility index (Phi) is 4.62. The van der Waals surface area contributed by atoms with Gasteiger partial charge in [0, 0.05) is 18.5 Å².